The molecule has 0 saturated heterocycles. The van der Waals surface area contributed by atoms with Gasteiger partial charge in [-0.15, -0.1) is 0 Å². The summed E-state index contributed by atoms with van der Waals surface area (Å²) in [5, 5.41) is 8.96. The van der Waals surface area contributed by atoms with Gasteiger partial charge in [0.05, 0.1) is 12.1 Å². The molecule has 0 aromatic carbocycles. The summed E-state index contributed by atoms with van der Waals surface area (Å²) in [7, 11) is 0. The van der Waals surface area contributed by atoms with Gasteiger partial charge in [0.1, 0.15) is 6.61 Å². The van der Waals surface area contributed by atoms with Crippen molar-refractivity contribution in [3.05, 3.63) is 0 Å². The maximum absolute atomic E-state index is 8.96. The van der Waals surface area contributed by atoms with E-state index in [0.29, 0.717) is 6.61 Å². The lowest BCUT2D eigenvalue weighted by atomic mass is 10.1. The Bertz CT molecular complexity index is 157. The number of nitrogens with two attached hydrogens (primary N) is 1. The normalized spacial score (nSPS) is 26.0. The van der Waals surface area contributed by atoms with Crippen LogP contribution in [0.25, 0.3) is 0 Å². The molecule has 2 unspecified atom stereocenters. The van der Waals surface area contributed by atoms with E-state index < -0.39 is 0 Å². The SMILES string of the molecule is CC(O)CCC1COC(N)=N1. The minimum absolute atomic E-state index is 0.157. The topological polar surface area (TPSA) is 67.8 Å². The first kappa shape index (κ1) is 8.33. The largest absolute Gasteiger partial charge is 0.463 e. The molecule has 0 aromatic rings. The van der Waals surface area contributed by atoms with Gasteiger partial charge in [0.15, 0.2) is 0 Å². The second-order valence-electron chi connectivity index (χ2n) is 2.86. The van der Waals surface area contributed by atoms with Crippen molar-refractivity contribution in [2.24, 2.45) is 10.7 Å². The smallest absolute Gasteiger partial charge is 0.282 e. The van der Waals surface area contributed by atoms with Crippen LogP contribution in [-0.4, -0.2) is 29.9 Å². The van der Waals surface area contributed by atoms with Gasteiger partial charge in [0, 0.05) is 0 Å². The van der Waals surface area contributed by atoms with Crippen LogP contribution in [0.5, 0.6) is 0 Å². The Morgan fingerprint density at radius 2 is 2.64 bits per heavy atom. The highest BCUT2D eigenvalue weighted by molar-refractivity contribution is 5.72. The number of rotatable bonds is 3. The van der Waals surface area contributed by atoms with E-state index in [-0.39, 0.29) is 18.2 Å². The van der Waals surface area contributed by atoms with Crippen LogP contribution in [0.3, 0.4) is 0 Å². The predicted octanol–water partition coefficient (Wildman–Crippen LogP) is -0.139. The zero-order chi connectivity index (χ0) is 8.27. The Kier molecular flexibility index (Phi) is 2.70. The van der Waals surface area contributed by atoms with Crippen molar-refractivity contribution in [2.75, 3.05) is 6.61 Å². The highest BCUT2D eigenvalue weighted by Crippen LogP contribution is 2.09. The van der Waals surface area contributed by atoms with Crippen molar-refractivity contribution in [3.63, 3.8) is 0 Å². The van der Waals surface area contributed by atoms with Crippen LogP contribution in [0.15, 0.2) is 4.99 Å². The Labute approximate surface area is 66.1 Å². The highest BCUT2D eigenvalue weighted by Gasteiger charge is 2.16. The van der Waals surface area contributed by atoms with Crippen molar-refractivity contribution >= 4 is 6.02 Å². The van der Waals surface area contributed by atoms with Gasteiger partial charge in [-0.3, -0.25) is 0 Å². The van der Waals surface area contributed by atoms with Gasteiger partial charge in [-0.1, -0.05) is 0 Å². The molecule has 0 aromatic heterocycles. The Morgan fingerprint density at radius 3 is 3.09 bits per heavy atom. The van der Waals surface area contributed by atoms with E-state index >= 15 is 0 Å². The van der Waals surface area contributed by atoms with E-state index in [1.807, 2.05) is 0 Å². The van der Waals surface area contributed by atoms with Gasteiger partial charge in [0.25, 0.3) is 6.02 Å². The van der Waals surface area contributed by atoms with Gasteiger partial charge in [-0.2, -0.15) is 0 Å². The zero-order valence-corrected chi connectivity index (χ0v) is 6.66. The average molecular weight is 158 g/mol. The maximum Gasteiger partial charge on any atom is 0.282 e. The van der Waals surface area contributed by atoms with Crippen LogP contribution < -0.4 is 5.73 Å². The van der Waals surface area contributed by atoms with E-state index in [1.165, 1.54) is 0 Å². The van der Waals surface area contributed by atoms with Crippen LogP contribution >= 0.6 is 0 Å². The molecule has 64 valence electrons. The number of hydrogen-bond donors (Lipinski definition) is 2. The molecule has 1 rings (SSSR count). The second-order valence-corrected chi connectivity index (χ2v) is 2.86. The van der Waals surface area contributed by atoms with Crippen LogP contribution in [-0.2, 0) is 4.74 Å². The molecular formula is C7H14N2O2. The fraction of sp³-hybridized carbons (Fsp3) is 0.857. The molecule has 4 heteroatoms. The van der Waals surface area contributed by atoms with Crippen LogP contribution in [0.4, 0.5) is 0 Å². The van der Waals surface area contributed by atoms with Crippen molar-refractivity contribution in [1.82, 2.24) is 0 Å². The van der Waals surface area contributed by atoms with Gasteiger partial charge in [-0.25, -0.2) is 4.99 Å². The molecule has 1 aliphatic heterocycles. The van der Waals surface area contributed by atoms with Gasteiger partial charge in [0.2, 0.25) is 0 Å². The summed E-state index contributed by atoms with van der Waals surface area (Å²) in [6, 6.07) is 0.435. The molecule has 1 aliphatic rings. The number of amidine groups is 1. The van der Waals surface area contributed by atoms with E-state index in [4.69, 9.17) is 15.6 Å². The minimum Gasteiger partial charge on any atom is -0.463 e. The molecule has 0 amide bonds. The molecule has 0 saturated carbocycles. The summed E-state index contributed by atoms with van der Waals surface area (Å²) in [6.45, 7) is 2.33. The first-order valence-corrected chi connectivity index (χ1v) is 3.82. The molecular weight excluding hydrogens is 144 g/mol. The molecule has 0 aliphatic carbocycles. The molecule has 1 heterocycles. The van der Waals surface area contributed by atoms with Crippen LogP contribution in [0.2, 0.25) is 0 Å². The van der Waals surface area contributed by atoms with Gasteiger partial charge >= 0.3 is 0 Å². The molecule has 0 spiro atoms. The lowest BCUT2D eigenvalue weighted by Crippen LogP contribution is -2.11. The van der Waals surface area contributed by atoms with Gasteiger partial charge < -0.3 is 15.6 Å². The molecule has 0 radical (unpaired) electrons. The number of aliphatic hydroxyl groups excluding tert-OH is 1. The summed E-state index contributed by atoms with van der Waals surface area (Å²) in [4.78, 5) is 4.02. The first-order chi connectivity index (χ1) is 5.18. The van der Waals surface area contributed by atoms with Crippen LogP contribution in [0.1, 0.15) is 19.8 Å². The molecule has 4 nitrogen and oxygen atoms in total. The number of aliphatic imine (C=N–C) groups is 1. The monoisotopic (exact) mass is 158 g/mol. The maximum atomic E-state index is 8.96. The Morgan fingerprint density at radius 1 is 1.91 bits per heavy atom. The quantitative estimate of drug-likeness (QED) is 0.600. The first-order valence-electron chi connectivity index (χ1n) is 3.82. The molecule has 3 N–H and O–H groups in total. The highest BCUT2D eigenvalue weighted by atomic mass is 16.5. The third kappa shape index (κ3) is 2.76. The number of hydrogen-bond acceptors (Lipinski definition) is 4. The number of ether oxygens (including phenoxy) is 1. The third-order valence-corrected chi connectivity index (χ3v) is 1.65. The lowest BCUT2D eigenvalue weighted by Gasteiger charge is -2.05. The van der Waals surface area contributed by atoms with Crippen molar-refractivity contribution < 1.29 is 9.84 Å². The van der Waals surface area contributed by atoms with Crippen molar-refractivity contribution in [2.45, 2.75) is 31.9 Å². The summed E-state index contributed by atoms with van der Waals surface area (Å²) in [5.41, 5.74) is 5.30. The summed E-state index contributed by atoms with van der Waals surface area (Å²) >= 11 is 0. The summed E-state index contributed by atoms with van der Waals surface area (Å²) < 4.78 is 4.94. The third-order valence-electron chi connectivity index (χ3n) is 1.65. The Balaban J connectivity index is 2.18. The summed E-state index contributed by atoms with van der Waals surface area (Å²) in [6.07, 6.45) is 1.34. The predicted molar refractivity (Wildman–Crippen MR) is 42.3 cm³/mol. The summed E-state index contributed by atoms with van der Waals surface area (Å²) in [5.74, 6) is 0. The van der Waals surface area contributed by atoms with Crippen molar-refractivity contribution in [3.8, 4) is 0 Å². The number of aliphatic hydroxyl groups is 1. The standard InChI is InChI=1S/C7H14N2O2/c1-5(10)2-3-6-4-11-7(8)9-6/h5-6,10H,2-4H2,1H3,(H2,8,9). The molecule has 0 fully saturated rings. The lowest BCUT2D eigenvalue weighted by molar-refractivity contribution is 0.175. The van der Waals surface area contributed by atoms with Crippen molar-refractivity contribution in [1.29, 1.82) is 0 Å². The zero-order valence-electron chi connectivity index (χ0n) is 6.66. The molecule has 0 bridgehead atoms. The average Bonchev–Trinajstić information content (AvgIpc) is 2.31. The van der Waals surface area contributed by atoms with E-state index in [1.54, 1.807) is 6.92 Å². The van der Waals surface area contributed by atoms with E-state index in [2.05, 4.69) is 4.99 Å². The van der Waals surface area contributed by atoms with E-state index in [0.717, 1.165) is 12.8 Å². The van der Waals surface area contributed by atoms with E-state index in [9.17, 15) is 0 Å². The fourth-order valence-corrected chi connectivity index (χ4v) is 1.02. The minimum atomic E-state index is -0.257. The molecule has 11 heavy (non-hydrogen) atoms. The second kappa shape index (κ2) is 3.57. The Hall–Kier alpha value is -0.770. The molecule has 2 atom stereocenters. The fourth-order valence-electron chi connectivity index (χ4n) is 1.02. The van der Waals surface area contributed by atoms with Crippen LogP contribution in [0, 0.1) is 0 Å². The number of nitrogens with zero attached hydrogens (tertiary/aromatic N) is 1. The van der Waals surface area contributed by atoms with Gasteiger partial charge in [-0.05, 0) is 19.8 Å².